The van der Waals surface area contributed by atoms with Gasteiger partial charge >= 0.3 is 0 Å². The molecule has 0 amide bonds. The van der Waals surface area contributed by atoms with Gasteiger partial charge in [-0.2, -0.15) is 0 Å². The van der Waals surface area contributed by atoms with E-state index in [-0.39, 0.29) is 25.9 Å². The number of nitrogens with zero attached hydrogens (tertiary/aromatic N) is 2. The molecule has 0 bridgehead atoms. The van der Waals surface area contributed by atoms with Gasteiger partial charge in [-0.05, 0) is 57.0 Å². The van der Waals surface area contributed by atoms with Gasteiger partial charge in [0.05, 0.1) is 13.7 Å². The second kappa shape index (κ2) is 14.2. The molecule has 5 aromatic carbocycles. The summed E-state index contributed by atoms with van der Waals surface area (Å²) in [4.78, 5) is 9.07. The molecule has 0 aliphatic carbocycles. The van der Waals surface area contributed by atoms with Crippen LogP contribution in [0.2, 0.25) is 19.6 Å². The van der Waals surface area contributed by atoms with Crippen LogP contribution in [0.15, 0.2) is 138 Å². The number of furan rings is 1. The zero-order chi connectivity index (χ0) is 32.4. The molecule has 8 rings (SSSR count). The molecule has 0 atom stereocenters. The first-order valence-electron chi connectivity index (χ1n) is 15.7. The van der Waals surface area contributed by atoms with Crippen LogP contribution in [0.25, 0.3) is 55.2 Å². The number of hydrogen-bond donors (Lipinski definition) is 0. The predicted octanol–water partition coefficient (Wildman–Crippen LogP) is 10.4. The van der Waals surface area contributed by atoms with E-state index in [1.54, 1.807) is 6.07 Å². The maximum absolute atomic E-state index is 12.8. The van der Waals surface area contributed by atoms with E-state index in [1.165, 1.54) is 39.2 Å². The number of halogens is 1. The molecule has 3 heterocycles. The molecule has 3 aromatic heterocycles. The Hall–Kier alpha value is -4.74. The Balaban J connectivity index is 0.000000191. The number of aromatic nitrogens is 2. The third-order valence-electron chi connectivity index (χ3n) is 8.33. The average molecular weight is 821 g/mol. The number of fused-ring (bicyclic) bond motifs is 5. The summed E-state index contributed by atoms with van der Waals surface area (Å²) in [5, 5.41) is 6.00. The molecule has 239 valence electrons. The molecule has 0 aliphatic rings. The Kier molecular flexibility index (Phi) is 9.79. The third-order valence-corrected chi connectivity index (χ3v) is 10.4. The van der Waals surface area contributed by atoms with E-state index in [9.17, 15) is 4.39 Å². The Bertz CT molecular complexity index is 2310. The van der Waals surface area contributed by atoms with Crippen LogP contribution in [0.5, 0.6) is 0 Å². The van der Waals surface area contributed by atoms with Crippen molar-refractivity contribution in [1.29, 1.82) is 0 Å². The smallest absolute Gasteiger partial charge is 0.121 e. The Morgan fingerprint density at radius 3 is 2.29 bits per heavy atom. The van der Waals surface area contributed by atoms with Crippen molar-refractivity contribution in [2.75, 3.05) is 0 Å². The summed E-state index contributed by atoms with van der Waals surface area (Å²) in [5.74, 6) is -0.271. The Labute approximate surface area is 294 Å². The van der Waals surface area contributed by atoms with Crippen LogP contribution in [0, 0.1) is 17.9 Å². The second-order valence-corrected chi connectivity index (χ2v) is 17.7. The van der Waals surface area contributed by atoms with Crippen molar-refractivity contribution in [3.8, 4) is 22.5 Å². The molecule has 3 nitrogen and oxygen atoms in total. The van der Waals surface area contributed by atoms with Crippen molar-refractivity contribution >= 4 is 46.0 Å². The fourth-order valence-corrected chi connectivity index (χ4v) is 6.85. The van der Waals surface area contributed by atoms with E-state index in [1.807, 2.05) is 30.6 Å². The van der Waals surface area contributed by atoms with Gasteiger partial charge in [0.15, 0.2) is 0 Å². The second-order valence-electron chi connectivity index (χ2n) is 12.7. The summed E-state index contributed by atoms with van der Waals surface area (Å²) >= 11 is 0. The Morgan fingerprint density at radius 1 is 0.729 bits per heavy atom. The van der Waals surface area contributed by atoms with Crippen LogP contribution >= 0.6 is 0 Å². The van der Waals surface area contributed by atoms with Gasteiger partial charge in [-0.15, -0.1) is 48.0 Å². The van der Waals surface area contributed by atoms with Crippen LogP contribution in [0.1, 0.15) is 11.1 Å². The summed E-state index contributed by atoms with van der Waals surface area (Å²) in [7, 11) is -1.30. The summed E-state index contributed by atoms with van der Waals surface area (Å²) in [6.07, 6.45) is 4.67. The molecule has 0 unspecified atom stereocenters. The molecule has 6 heteroatoms. The van der Waals surface area contributed by atoms with Crippen LogP contribution in [-0.2, 0) is 26.5 Å². The minimum Gasteiger partial charge on any atom is -0.501 e. The summed E-state index contributed by atoms with van der Waals surface area (Å²) in [6.45, 7) is 6.86. The van der Waals surface area contributed by atoms with E-state index in [4.69, 9.17) is 4.42 Å². The van der Waals surface area contributed by atoms with Gasteiger partial charge in [0.2, 0.25) is 0 Å². The standard InChI is InChI=1S/C28H18NO.C14H15FNSi.Ir/c1-2-7-19(8-3-1)17-20-15-16-29-25(18-20)23-11-6-12-24-27-22-10-5-4-9-21(22)13-14-26(27)30-28(23)24;1-17(2,3)13-8-9-14(16-10-13)11-4-6-12(15)7-5-11;/h1-10,12-16,18H,17H2;4,6-10H,1-3H3;/q2*-1;. The number of hydrogen-bond acceptors (Lipinski definition) is 3. The normalized spacial score (nSPS) is 11.2. The molecule has 0 saturated carbocycles. The van der Waals surface area contributed by atoms with Gasteiger partial charge in [-0.3, -0.25) is 4.39 Å². The number of benzene rings is 5. The van der Waals surface area contributed by atoms with E-state index in [2.05, 4.69) is 127 Å². The maximum Gasteiger partial charge on any atom is 0.121 e. The molecular weight excluding hydrogens is 788 g/mol. The van der Waals surface area contributed by atoms with Crippen molar-refractivity contribution in [3.05, 3.63) is 163 Å². The molecule has 48 heavy (non-hydrogen) atoms. The van der Waals surface area contributed by atoms with Crippen LogP contribution in [0.3, 0.4) is 0 Å². The Morgan fingerprint density at radius 2 is 1.54 bits per heavy atom. The first-order valence-corrected chi connectivity index (χ1v) is 19.2. The maximum atomic E-state index is 12.8. The quantitative estimate of drug-likeness (QED) is 0.128. The van der Waals surface area contributed by atoms with Gasteiger partial charge in [-0.25, -0.2) is 0 Å². The molecule has 0 saturated heterocycles. The molecule has 1 radical (unpaired) electrons. The van der Waals surface area contributed by atoms with Gasteiger partial charge in [0.1, 0.15) is 5.58 Å². The van der Waals surface area contributed by atoms with Crippen molar-refractivity contribution in [2.45, 2.75) is 26.1 Å². The van der Waals surface area contributed by atoms with Crippen LogP contribution in [0.4, 0.5) is 4.39 Å². The van der Waals surface area contributed by atoms with E-state index < -0.39 is 8.07 Å². The first kappa shape index (κ1) is 33.2. The van der Waals surface area contributed by atoms with Gasteiger partial charge < -0.3 is 14.4 Å². The van der Waals surface area contributed by atoms with Gasteiger partial charge in [0, 0.05) is 43.7 Å². The first-order chi connectivity index (χ1) is 22.8. The minimum atomic E-state index is -1.30. The minimum absolute atomic E-state index is 0. The summed E-state index contributed by atoms with van der Waals surface area (Å²) < 4.78 is 19.1. The van der Waals surface area contributed by atoms with Crippen molar-refractivity contribution in [3.63, 3.8) is 0 Å². The largest absolute Gasteiger partial charge is 0.501 e. The van der Waals surface area contributed by atoms with Gasteiger partial charge in [0.25, 0.3) is 0 Å². The number of pyridine rings is 2. The SMILES string of the molecule is C[Si](C)(C)c1ccc(-c2[c-]cc(F)cc2)nc1.[Ir].[c-]1ccc2c(oc3ccc4ccccc4c32)c1-c1cc(Cc2ccccc2)ccn1. The predicted molar refractivity (Wildman–Crippen MR) is 194 cm³/mol. The van der Waals surface area contributed by atoms with E-state index >= 15 is 0 Å². The molecule has 8 aromatic rings. The summed E-state index contributed by atoms with van der Waals surface area (Å²) in [6, 6.07) is 46.2. The van der Waals surface area contributed by atoms with E-state index in [0.29, 0.717) is 0 Å². The van der Waals surface area contributed by atoms with Crippen LogP contribution in [-0.4, -0.2) is 18.0 Å². The average Bonchev–Trinajstić information content (AvgIpc) is 3.49. The molecule has 0 aliphatic heterocycles. The van der Waals surface area contributed by atoms with Gasteiger partial charge in [-0.1, -0.05) is 109 Å². The zero-order valence-corrected chi connectivity index (χ0v) is 30.3. The molecule has 0 spiro atoms. The molecule has 0 fully saturated rings. The van der Waals surface area contributed by atoms with E-state index in [0.717, 1.165) is 50.9 Å². The fraction of sp³-hybridized carbons (Fsp3) is 0.0952. The van der Waals surface area contributed by atoms with Crippen molar-refractivity contribution < 1.29 is 28.9 Å². The zero-order valence-electron chi connectivity index (χ0n) is 26.9. The topological polar surface area (TPSA) is 38.9 Å². The van der Waals surface area contributed by atoms with Crippen molar-refractivity contribution in [2.24, 2.45) is 0 Å². The monoisotopic (exact) mass is 821 g/mol. The third kappa shape index (κ3) is 7.07. The number of rotatable bonds is 5. The fourth-order valence-electron chi connectivity index (χ4n) is 5.82. The molecule has 0 N–H and O–H groups in total. The van der Waals surface area contributed by atoms with Crippen LogP contribution < -0.4 is 5.19 Å². The van der Waals surface area contributed by atoms with Crippen molar-refractivity contribution in [1.82, 2.24) is 9.97 Å². The summed E-state index contributed by atoms with van der Waals surface area (Å²) in [5.41, 5.74) is 7.70. The molecular formula is C42H33FIrN2OSi-2.